The van der Waals surface area contributed by atoms with Crippen molar-refractivity contribution in [2.24, 2.45) is 0 Å². The lowest BCUT2D eigenvalue weighted by Crippen LogP contribution is -2.15. The Morgan fingerprint density at radius 2 is 2.15 bits per heavy atom. The van der Waals surface area contributed by atoms with Crippen LogP contribution in [-0.2, 0) is 11.3 Å². The predicted octanol–water partition coefficient (Wildman–Crippen LogP) is 3.84. The molecular weight excluding hydrogens is 425 g/mol. The molecular formula is C23H24FN7O2. The largest absolute Gasteiger partial charge is 0.376 e. The fourth-order valence-corrected chi connectivity index (χ4v) is 3.55. The van der Waals surface area contributed by atoms with Gasteiger partial charge in [0.2, 0.25) is 0 Å². The van der Waals surface area contributed by atoms with E-state index < -0.39 is 11.7 Å². The molecule has 0 bridgehead atoms. The predicted molar refractivity (Wildman–Crippen MR) is 120 cm³/mol. The van der Waals surface area contributed by atoms with Crippen molar-refractivity contribution in [3.63, 3.8) is 0 Å². The lowest BCUT2D eigenvalue weighted by atomic mass is 10.1. The van der Waals surface area contributed by atoms with Gasteiger partial charge in [0.1, 0.15) is 23.7 Å². The van der Waals surface area contributed by atoms with Crippen LogP contribution in [0.25, 0.3) is 22.4 Å². The molecule has 1 aliphatic carbocycles. The van der Waals surface area contributed by atoms with Gasteiger partial charge in [0.15, 0.2) is 5.82 Å². The maximum Gasteiger partial charge on any atom is 0.259 e. The van der Waals surface area contributed by atoms with Crippen LogP contribution < -0.4 is 5.32 Å². The number of halogens is 1. The van der Waals surface area contributed by atoms with E-state index in [1.54, 1.807) is 35.4 Å². The highest BCUT2D eigenvalue weighted by molar-refractivity contribution is 6.06. The molecule has 1 aliphatic rings. The molecule has 1 fully saturated rings. The van der Waals surface area contributed by atoms with Crippen molar-refractivity contribution in [3.05, 3.63) is 54.2 Å². The third-order valence-corrected chi connectivity index (χ3v) is 5.43. The summed E-state index contributed by atoms with van der Waals surface area (Å²) < 4.78 is 24.0. The molecule has 0 spiro atoms. The molecule has 1 saturated carbocycles. The van der Waals surface area contributed by atoms with Gasteiger partial charge < -0.3 is 14.6 Å². The summed E-state index contributed by atoms with van der Waals surface area (Å²) in [6.45, 7) is 5.16. The number of ether oxygens (including phenoxy) is 1. The molecule has 0 radical (unpaired) electrons. The topological polar surface area (TPSA) is 99.8 Å². The summed E-state index contributed by atoms with van der Waals surface area (Å²) >= 11 is 0. The Morgan fingerprint density at radius 3 is 2.94 bits per heavy atom. The number of hydrogen-bond acceptors (Lipinski definition) is 6. The molecule has 5 rings (SSSR count). The van der Waals surface area contributed by atoms with Crippen molar-refractivity contribution in [1.29, 1.82) is 0 Å². The van der Waals surface area contributed by atoms with Crippen LogP contribution in [0.3, 0.4) is 0 Å². The third kappa shape index (κ3) is 4.61. The highest BCUT2D eigenvalue weighted by Gasteiger charge is 2.22. The minimum absolute atomic E-state index is 0.0977. The van der Waals surface area contributed by atoms with E-state index in [-0.39, 0.29) is 17.4 Å². The van der Waals surface area contributed by atoms with E-state index in [0.717, 1.165) is 12.8 Å². The molecule has 1 amide bonds. The van der Waals surface area contributed by atoms with Crippen LogP contribution in [0.5, 0.6) is 0 Å². The number of amides is 1. The molecule has 0 aliphatic heterocycles. The van der Waals surface area contributed by atoms with Gasteiger partial charge in [-0.05, 0) is 51.0 Å². The second-order valence-electron chi connectivity index (χ2n) is 8.37. The van der Waals surface area contributed by atoms with Crippen molar-refractivity contribution in [2.75, 3.05) is 11.9 Å². The first-order valence-corrected chi connectivity index (χ1v) is 10.9. The number of carbonyl (C=O) groups excluding carboxylic acids is 1. The van der Waals surface area contributed by atoms with Crippen molar-refractivity contribution < 1.29 is 13.9 Å². The van der Waals surface area contributed by atoms with Gasteiger partial charge in [-0.2, -0.15) is 5.10 Å². The van der Waals surface area contributed by atoms with Gasteiger partial charge in [0.25, 0.3) is 5.91 Å². The molecule has 3 heterocycles. The van der Waals surface area contributed by atoms with Crippen molar-refractivity contribution in [3.8, 4) is 11.5 Å². The molecule has 170 valence electrons. The minimum Gasteiger partial charge on any atom is -0.376 e. The van der Waals surface area contributed by atoms with Crippen LogP contribution in [0.15, 0.2) is 42.9 Å². The number of nitrogens with zero attached hydrogens (tertiary/aromatic N) is 6. The quantitative estimate of drug-likeness (QED) is 0.439. The lowest BCUT2D eigenvalue weighted by Gasteiger charge is -2.11. The second-order valence-corrected chi connectivity index (χ2v) is 8.37. The van der Waals surface area contributed by atoms with E-state index in [0.29, 0.717) is 41.7 Å². The van der Waals surface area contributed by atoms with Crippen LogP contribution in [0.2, 0.25) is 0 Å². The maximum atomic E-state index is 14.7. The molecule has 4 aromatic rings. The number of pyridine rings is 1. The van der Waals surface area contributed by atoms with Crippen LogP contribution in [0, 0.1) is 5.82 Å². The third-order valence-electron chi connectivity index (χ3n) is 5.43. The van der Waals surface area contributed by atoms with Gasteiger partial charge >= 0.3 is 0 Å². The van der Waals surface area contributed by atoms with Gasteiger partial charge in [-0.15, -0.1) is 10.2 Å². The Hall–Kier alpha value is -3.66. The maximum absolute atomic E-state index is 14.7. The average molecular weight is 449 g/mol. The number of hydrogen-bond donors (Lipinski definition) is 1. The second kappa shape index (κ2) is 8.70. The van der Waals surface area contributed by atoms with E-state index in [1.165, 1.54) is 12.1 Å². The normalized spacial score (nSPS) is 13.7. The number of nitrogens with one attached hydrogen (secondary N) is 1. The van der Waals surface area contributed by atoms with Gasteiger partial charge in [-0.25, -0.2) is 9.37 Å². The summed E-state index contributed by atoms with van der Waals surface area (Å²) in [7, 11) is 0. The number of benzene rings is 1. The molecule has 1 N–H and O–H groups in total. The molecule has 33 heavy (non-hydrogen) atoms. The molecule has 3 aromatic heterocycles. The van der Waals surface area contributed by atoms with Gasteiger partial charge in [0.05, 0.1) is 30.3 Å². The fraction of sp³-hybridized carbons (Fsp3) is 0.348. The number of rotatable bonds is 8. The summed E-state index contributed by atoms with van der Waals surface area (Å²) in [5.41, 5.74) is 1.00. The van der Waals surface area contributed by atoms with Crippen molar-refractivity contribution in [1.82, 2.24) is 29.5 Å². The fourth-order valence-electron chi connectivity index (χ4n) is 3.55. The summed E-state index contributed by atoms with van der Waals surface area (Å²) in [6, 6.07) is 8.10. The van der Waals surface area contributed by atoms with E-state index in [1.807, 2.05) is 18.4 Å². The zero-order valence-electron chi connectivity index (χ0n) is 18.4. The number of anilines is 1. The Kier molecular flexibility index (Phi) is 5.59. The summed E-state index contributed by atoms with van der Waals surface area (Å²) in [5.74, 6) is -0.344. The van der Waals surface area contributed by atoms with Crippen LogP contribution in [-0.4, -0.2) is 48.1 Å². The van der Waals surface area contributed by atoms with E-state index >= 15 is 0 Å². The highest BCUT2D eigenvalue weighted by atomic mass is 19.1. The highest BCUT2D eigenvalue weighted by Crippen LogP contribution is 2.24. The number of carbonyl (C=O) groups is 1. The first kappa shape index (κ1) is 21.2. The van der Waals surface area contributed by atoms with Gasteiger partial charge in [-0.3, -0.25) is 9.48 Å². The summed E-state index contributed by atoms with van der Waals surface area (Å²) in [5, 5.41) is 15.8. The summed E-state index contributed by atoms with van der Waals surface area (Å²) in [6.07, 6.45) is 5.98. The first-order valence-electron chi connectivity index (χ1n) is 10.9. The lowest BCUT2D eigenvalue weighted by molar-refractivity contribution is 0.102. The Morgan fingerprint density at radius 1 is 1.30 bits per heavy atom. The van der Waals surface area contributed by atoms with E-state index in [2.05, 4.69) is 25.6 Å². The molecule has 9 nitrogen and oxygen atoms in total. The van der Waals surface area contributed by atoms with E-state index in [4.69, 9.17) is 4.74 Å². The molecule has 1 aromatic carbocycles. The molecule has 0 atom stereocenters. The first-order chi connectivity index (χ1) is 16.0. The number of fused-ring (bicyclic) bond motifs is 1. The Bertz CT molecular complexity index is 1310. The zero-order valence-corrected chi connectivity index (χ0v) is 18.4. The van der Waals surface area contributed by atoms with E-state index in [9.17, 15) is 9.18 Å². The zero-order chi connectivity index (χ0) is 22.9. The van der Waals surface area contributed by atoms with Crippen LogP contribution in [0.1, 0.15) is 43.1 Å². The SMILES string of the molecule is CC(C)n1cnnc1-c1cccc(NC(=O)c2cc3nn(CCOC4CC4)cc3cc2F)n1. The monoisotopic (exact) mass is 449 g/mol. The van der Waals surface area contributed by atoms with Gasteiger partial charge in [-0.1, -0.05) is 6.07 Å². The summed E-state index contributed by atoms with van der Waals surface area (Å²) in [4.78, 5) is 17.3. The van der Waals surface area contributed by atoms with Crippen LogP contribution in [0.4, 0.5) is 10.2 Å². The smallest absolute Gasteiger partial charge is 0.259 e. The Labute approximate surface area is 189 Å². The Balaban J connectivity index is 1.34. The average Bonchev–Trinajstić information content (AvgIpc) is 3.31. The minimum atomic E-state index is -0.621. The van der Waals surface area contributed by atoms with Gasteiger partial charge in [0, 0.05) is 17.6 Å². The van der Waals surface area contributed by atoms with Crippen molar-refractivity contribution in [2.45, 2.75) is 45.4 Å². The standard InChI is InChI=1S/C23H24FN7O2/c1-14(2)31-13-25-28-22(31)19-4-3-5-21(26-19)27-23(32)17-11-20-15(10-18(17)24)12-30(29-20)8-9-33-16-6-7-16/h3-5,10-14,16H,6-9H2,1-2H3,(H,26,27,32). The van der Waals surface area contributed by atoms with Crippen molar-refractivity contribution >= 4 is 22.6 Å². The number of aromatic nitrogens is 6. The molecule has 0 saturated heterocycles. The molecule has 10 heteroatoms. The molecule has 0 unspecified atom stereocenters. The van der Waals surface area contributed by atoms with Crippen LogP contribution >= 0.6 is 0 Å².